The standard InChI is InChI=1S/C20H30OSi/c1-16(2)18-15-20(18,21-22(6,7)19(3,4)5)14-13-17-11-9-8-10-12-17/h8-12,16,18H,15H2,1-7H3/t18-,20-/m0/s1. The van der Waals surface area contributed by atoms with E-state index in [1.807, 2.05) is 18.2 Å². The predicted molar refractivity (Wildman–Crippen MR) is 97.3 cm³/mol. The second-order valence-corrected chi connectivity index (χ2v) is 13.1. The molecule has 22 heavy (non-hydrogen) atoms. The van der Waals surface area contributed by atoms with Crippen LogP contribution in [-0.2, 0) is 4.43 Å². The van der Waals surface area contributed by atoms with Crippen LogP contribution in [0.4, 0.5) is 0 Å². The molecule has 0 aliphatic heterocycles. The van der Waals surface area contributed by atoms with Crippen molar-refractivity contribution in [3.8, 4) is 11.8 Å². The molecule has 0 bridgehead atoms. The zero-order valence-electron chi connectivity index (χ0n) is 15.2. The maximum absolute atomic E-state index is 6.76. The minimum atomic E-state index is -1.81. The van der Waals surface area contributed by atoms with Gasteiger partial charge in [-0.25, -0.2) is 0 Å². The monoisotopic (exact) mass is 314 g/mol. The fourth-order valence-electron chi connectivity index (χ4n) is 2.64. The van der Waals surface area contributed by atoms with Crippen molar-refractivity contribution in [2.24, 2.45) is 11.8 Å². The number of hydrogen-bond acceptors (Lipinski definition) is 1. The Morgan fingerprint density at radius 3 is 2.23 bits per heavy atom. The van der Waals surface area contributed by atoms with E-state index in [1.165, 1.54) is 0 Å². The molecule has 1 saturated carbocycles. The highest BCUT2D eigenvalue weighted by molar-refractivity contribution is 6.74. The molecule has 0 radical (unpaired) electrons. The highest BCUT2D eigenvalue weighted by Crippen LogP contribution is 2.54. The first-order valence-corrected chi connectivity index (χ1v) is 11.3. The van der Waals surface area contributed by atoms with Crippen LogP contribution in [0.15, 0.2) is 30.3 Å². The van der Waals surface area contributed by atoms with Crippen molar-refractivity contribution in [3.63, 3.8) is 0 Å². The van der Waals surface area contributed by atoms with Crippen LogP contribution in [0.2, 0.25) is 18.1 Å². The van der Waals surface area contributed by atoms with Gasteiger partial charge in [-0.15, -0.1) is 0 Å². The Balaban J connectivity index is 2.27. The summed E-state index contributed by atoms with van der Waals surface area (Å²) in [6.45, 7) is 16.1. The largest absolute Gasteiger partial charge is 0.400 e. The van der Waals surface area contributed by atoms with E-state index < -0.39 is 8.32 Å². The Kier molecular flexibility index (Phi) is 4.62. The Labute approximate surface area is 137 Å². The number of rotatable bonds is 3. The van der Waals surface area contributed by atoms with Gasteiger partial charge in [-0.05, 0) is 42.6 Å². The van der Waals surface area contributed by atoms with Gasteiger partial charge in [-0.3, -0.25) is 0 Å². The summed E-state index contributed by atoms with van der Waals surface area (Å²) >= 11 is 0. The minimum Gasteiger partial charge on any atom is -0.400 e. The predicted octanol–water partition coefficient (Wildman–Crippen LogP) is 5.47. The molecule has 0 saturated heterocycles. The van der Waals surface area contributed by atoms with Gasteiger partial charge in [-0.1, -0.05) is 64.7 Å². The fourth-order valence-corrected chi connectivity index (χ4v) is 4.14. The molecule has 1 aliphatic rings. The van der Waals surface area contributed by atoms with Crippen LogP contribution in [0.5, 0.6) is 0 Å². The van der Waals surface area contributed by atoms with E-state index in [4.69, 9.17) is 4.43 Å². The van der Waals surface area contributed by atoms with Crippen LogP contribution in [0.3, 0.4) is 0 Å². The van der Waals surface area contributed by atoms with E-state index in [9.17, 15) is 0 Å². The Hall–Kier alpha value is -1.04. The third kappa shape index (κ3) is 3.64. The molecule has 1 aliphatic carbocycles. The van der Waals surface area contributed by atoms with Crippen molar-refractivity contribution in [3.05, 3.63) is 35.9 Å². The van der Waals surface area contributed by atoms with Gasteiger partial charge in [-0.2, -0.15) is 0 Å². The molecule has 1 aromatic carbocycles. The molecule has 1 nitrogen and oxygen atoms in total. The fraction of sp³-hybridized carbons (Fsp3) is 0.600. The summed E-state index contributed by atoms with van der Waals surface area (Å²) in [5.41, 5.74) is 0.864. The highest BCUT2D eigenvalue weighted by atomic mass is 28.4. The van der Waals surface area contributed by atoms with Gasteiger partial charge >= 0.3 is 0 Å². The van der Waals surface area contributed by atoms with Crippen molar-refractivity contribution >= 4 is 8.32 Å². The summed E-state index contributed by atoms with van der Waals surface area (Å²) < 4.78 is 6.76. The molecule has 0 spiro atoms. The van der Waals surface area contributed by atoms with Crippen LogP contribution < -0.4 is 0 Å². The van der Waals surface area contributed by atoms with Crippen molar-refractivity contribution in [2.75, 3.05) is 0 Å². The summed E-state index contributed by atoms with van der Waals surface area (Å²) in [4.78, 5) is 0. The zero-order chi connectivity index (χ0) is 16.6. The molecule has 2 heteroatoms. The van der Waals surface area contributed by atoms with Gasteiger partial charge in [0.15, 0.2) is 8.32 Å². The summed E-state index contributed by atoms with van der Waals surface area (Å²) in [7, 11) is -1.81. The molecule has 0 N–H and O–H groups in total. The molecular formula is C20H30OSi. The van der Waals surface area contributed by atoms with Gasteiger partial charge in [0.05, 0.1) is 0 Å². The SMILES string of the molecule is CC(C)[C@@H]1C[C@]1(C#Cc1ccccc1)O[Si](C)(C)C(C)(C)C. The molecule has 0 unspecified atom stereocenters. The summed E-state index contributed by atoms with van der Waals surface area (Å²) in [6, 6.07) is 10.2. The quantitative estimate of drug-likeness (QED) is 0.530. The van der Waals surface area contributed by atoms with E-state index in [-0.39, 0.29) is 10.6 Å². The molecular weight excluding hydrogens is 284 g/mol. The minimum absolute atomic E-state index is 0.215. The summed E-state index contributed by atoms with van der Waals surface area (Å²) in [5, 5.41) is 0.221. The summed E-state index contributed by atoms with van der Waals surface area (Å²) in [6.07, 6.45) is 1.08. The first-order chi connectivity index (χ1) is 10.1. The lowest BCUT2D eigenvalue weighted by Gasteiger charge is -2.39. The Bertz CT molecular complexity index is 571. The molecule has 2 rings (SSSR count). The Morgan fingerprint density at radius 1 is 1.18 bits per heavy atom. The van der Waals surface area contributed by atoms with Gasteiger partial charge in [0.1, 0.15) is 5.60 Å². The molecule has 0 aromatic heterocycles. The Morgan fingerprint density at radius 2 is 1.77 bits per heavy atom. The van der Waals surface area contributed by atoms with Gasteiger partial charge in [0.2, 0.25) is 0 Å². The second kappa shape index (κ2) is 5.87. The lowest BCUT2D eigenvalue weighted by atomic mass is 10.1. The van der Waals surface area contributed by atoms with E-state index in [1.54, 1.807) is 0 Å². The first kappa shape index (κ1) is 17.3. The maximum Gasteiger partial charge on any atom is 0.194 e. The van der Waals surface area contributed by atoms with Gasteiger partial charge in [0.25, 0.3) is 0 Å². The van der Waals surface area contributed by atoms with Crippen LogP contribution in [0.25, 0.3) is 0 Å². The molecule has 1 fully saturated rings. The number of benzene rings is 1. The third-order valence-corrected chi connectivity index (χ3v) is 9.69. The zero-order valence-corrected chi connectivity index (χ0v) is 16.2. The van der Waals surface area contributed by atoms with Crippen LogP contribution >= 0.6 is 0 Å². The van der Waals surface area contributed by atoms with Crippen molar-refractivity contribution in [1.82, 2.24) is 0 Å². The van der Waals surface area contributed by atoms with Crippen molar-refractivity contribution in [1.29, 1.82) is 0 Å². The van der Waals surface area contributed by atoms with Crippen molar-refractivity contribution < 1.29 is 4.43 Å². The van der Waals surface area contributed by atoms with E-state index in [0.717, 1.165) is 12.0 Å². The summed E-state index contributed by atoms with van der Waals surface area (Å²) in [5.74, 6) is 8.05. The van der Waals surface area contributed by atoms with Crippen LogP contribution in [0, 0.1) is 23.7 Å². The molecule has 0 heterocycles. The lowest BCUT2D eigenvalue weighted by molar-refractivity contribution is 0.185. The third-order valence-electron chi connectivity index (χ3n) is 5.20. The van der Waals surface area contributed by atoms with Crippen LogP contribution in [-0.4, -0.2) is 13.9 Å². The molecule has 0 amide bonds. The molecule has 120 valence electrons. The molecule has 2 atom stereocenters. The van der Waals surface area contributed by atoms with E-state index in [0.29, 0.717) is 11.8 Å². The first-order valence-electron chi connectivity index (χ1n) is 8.36. The lowest BCUT2D eigenvalue weighted by Crippen LogP contribution is -2.45. The van der Waals surface area contributed by atoms with Crippen molar-refractivity contribution in [2.45, 2.75) is 64.8 Å². The topological polar surface area (TPSA) is 9.23 Å². The van der Waals surface area contributed by atoms with Gasteiger partial charge < -0.3 is 4.43 Å². The van der Waals surface area contributed by atoms with E-state index in [2.05, 4.69) is 71.7 Å². The second-order valence-electron chi connectivity index (χ2n) is 8.42. The average molecular weight is 315 g/mol. The van der Waals surface area contributed by atoms with E-state index >= 15 is 0 Å². The van der Waals surface area contributed by atoms with Crippen LogP contribution in [0.1, 0.15) is 46.6 Å². The number of hydrogen-bond donors (Lipinski definition) is 0. The smallest absolute Gasteiger partial charge is 0.194 e. The molecule has 1 aromatic rings. The normalized spacial score (nSPS) is 24.8. The maximum atomic E-state index is 6.76. The van der Waals surface area contributed by atoms with Gasteiger partial charge in [0, 0.05) is 11.5 Å². The highest BCUT2D eigenvalue weighted by Gasteiger charge is 2.59. The average Bonchev–Trinajstić information content (AvgIpc) is 3.11.